The highest BCUT2D eigenvalue weighted by atomic mass is 79.9. The van der Waals surface area contributed by atoms with Crippen molar-refractivity contribution >= 4 is 22.0 Å². The Bertz CT molecular complexity index is 600. The summed E-state index contributed by atoms with van der Waals surface area (Å²) in [5, 5.41) is 0. The third-order valence-corrected chi connectivity index (χ3v) is 5.44. The topological polar surface area (TPSA) is 47.9 Å². The van der Waals surface area contributed by atoms with Gasteiger partial charge in [-0.1, -0.05) is 15.9 Å². The van der Waals surface area contributed by atoms with Gasteiger partial charge < -0.3 is 9.47 Å². The summed E-state index contributed by atoms with van der Waals surface area (Å²) >= 11 is 3.62. The van der Waals surface area contributed by atoms with Crippen LogP contribution in [-0.4, -0.2) is 19.3 Å². The number of halogens is 1. The van der Waals surface area contributed by atoms with Gasteiger partial charge in [0.1, 0.15) is 5.54 Å². The van der Waals surface area contributed by atoms with Gasteiger partial charge in [0.15, 0.2) is 11.5 Å². The van der Waals surface area contributed by atoms with Crippen LogP contribution in [0.2, 0.25) is 0 Å². The van der Waals surface area contributed by atoms with Crippen molar-refractivity contribution in [3.63, 3.8) is 0 Å². The predicted octanol–water partition coefficient (Wildman–Crippen LogP) is 4.49. The maximum absolute atomic E-state index is 10.9. The van der Waals surface area contributed by atoms with Crippen LogP contribution < -0.4 is 9.47 Å². The molecular formula is C17H20BrNO3. The Kier molecular flexibility index (Phi) is 4.55. The molecule has 2 fully saturated rings. The molecule has 0 radical (unpaired) electrons. The Hall–Kier alpha value is -1.32. The molecule has 0 saturated heterocycles. The Balaban J connectivity index is 2.08. The van der Waals surface area contributed by atoms with Gasteiger partial charge in [0.05, 0.1) is 13.2 Å². The SMILES string of the molecule is COc1ccc(Br)c(C2(N=C=O)CCC2)c1OC1CCCC1. The second kappa shape index (κ2) is 6.43. The molecule has 2 aliphatic carbocycles. The van der Waals surface area contributed by atoms with E-state index in [-0.39, 0.29) is 6.10 Å². The number of benzene rings is 1. The fraction of sp³-hybridized carbons (Fsp3) is 0.588. The van der Waals surface area contributed by atoms with Crippen LogP contribution in [0.1, 0.15) is 50.5 Å². The van der Waals surface area contributed by atoms with Crippen molar-refractivity contribution in [2.24, 2.45) is 4.99 Å². The molecule has 118 valence electrons. The smallest absolute Gasteiger partial charge is 0.235 e. The van der Waals surface area contributed by atoms with E-state index < -0.39 is 5.54 Å². The molecule has 1 aromatic carbocycles. The van der Waals surface area contributed by atoms with Gasteiger partial charge in [0.2, 0.25) is 6.08 Å². The summed E-state index contributed by atoms with van der Waals surface area (Å²) in [4.78, 5) is 15.1. The number of nitrogens with zero attached hydrogens (tertiary/aromatic N) is 1. The highest BCUT2D eigenvalue weighted by Gasteiger charge is 2.44. The molecule has 3 rings (SSSR count). The Morgan fingerprint density at radius 2 is 2.00 bits per heavy atom. The van der Waals surface area contributed by atoms with Gasteiger partial charge in [-0.15, -0.1) is 0 Å². The zero-order valence-corrected chi connectivity index (χ0v) is 14.3. The van der Waals surface area contributed by atoms with Crippen molar-refractivity contribution in [3.05, 3.63) is 22.2 Å². The maximum atomic E-state index is 10.9. The normalized spacial score (nSPS) is 20.1. The largest absolute Gasteiger partial charge is 0.493 e. The summed E-state index contributed by atoms with van der Waals surface area (Å²) in [6, 6.07) is 3.84. The van der Waals surface area contributed by atoms with Gasteiger partial charge in [-0.25, -0.2) is 4.79 Å². The zero-order chi connectivity index (χ0) is 15.6. The first-order chi connectivity index (χ1) is 10.7. The summed E-state index contributed by atoms with van der Waals surface area (Å²) in [5.41, 5.74) is 0.427. The van der Waals surface area contributed by atoms with Crippen LogP contribution in [0.15, 0.2) is 21.6 Å². The average Bonchev–Trinajstić information content (AvgIpc) is 2.97. The minimum absolute atomic E-state index is 0.222. The Morgan fingerprint density at radius 3 is 2.55 bits per heavy atom. The number of rotatable bonds is 5. The summed E-state index contributed by atoms with van der Waals surface area (Å²) < 4.78 is 12.7. The minimum atomic E-state index is -0.511. The summed E-state index contributed by atoms with van der Waals surface area (Å²) in [6.45, 7) is 0. The standard InChI is InChI=1S/C17H20BrNO3/c1-21-14-8-7-13(18)15(17(19-11-20)9-4-10-17)16(14)22-12-5-2-3-6-12/h7-8,12H,2-6,9-10H2,1H3. The molecule has 5 heteroatoms. The van der Waals surface area contributed by atoms with Crippen LogP contribution in [0.25, 0.3) is 0 Å². The van der Waals surface area contributed by atoms with E-state index in [1.54, 1.807) is 13.2 Å². The van der Waals surface area contributed by atoms with Gasteiger partial charge in [-0.05, 0) is 57.1 Å². The van der Waals surface area contributed by atoms with Crippen molar-refractivity contribution in [1.29, 1.82) is 0 Å². The van der Waals surface area contributed by atoms with Gasteiger partial charge in [-0.2, -0.15) is 4.99 Å². The number of isocyanates is 1. The third-order valence-electron chi connectivity index (χ3n) is 4.78. The molecule has 0 aliphatic heterocycles. The Labute approximate surface area is 139 Å². The number of ether oxygens (including phenoxy) is 2. The van der Waals surface area contributed by atoms with Gasteiger partial charge in [0.25, 0.3) is 0 Å². The molecule has 22 heavy (non-hydrogen) atoms. The molecule has 2 aliphatic rings. The van der Waals surface area contributed by atoms with Crippen LogP contribution in [-0.2, 0) is 10.3 Å². The van der Waals surface area contributed by atoms with E-state index in [9.17, 15) is 4.79 Å². The first-order valence-corrected chi connectivity index (χ1v) is 8.62. The number of aliphatic imine (C=N–C) groups is 1. The third kappa shape index (κ3) is 2.68. The molecule has 2 saturated carbocycles. The van der Waals surface area contributed by atoms with E-state index in [1.165, 1.54) is 12.8 Å². The number of carbonyl (C=O) groups excluding carboxylic acids is 1. The second-order valence-corrected chi connectivity index (χ2v) is 6.92. The monoisotopic (exact) mass is 365 g/mol. The lowest BCUT2D eigenvalue weighted by Gasteiger charge is -2.39. The van der Waals surface area contributed by atoms with E-state index in [4.69, 9.17) is 9.47 Å². The molecule has 0 N–H and O–H groups in total. The maximum Gasteiger partial charge on any atom is 0.235 e. The lowest BCUT2D eigenvalue weighted by atomic mass is 9.72. The van der Waals surface area contributed by atoms with Crippen LogP contribution in [0.4, 0.5) is 0 Å². The second-order valence-electron chi connectivity index (χ2n) is 6.07. The minimum Gasteiger partial charge on any atom is -0.493 e. The number of methoxy groups -OCH3 is 1. The molecule has 0 amide bonds. The Morgan fingerprint density at radius 1 is 1.27 bits per heavy atom. The van der Waals surface area contributed by atoms with Crippen molar-refractivity contribution in [2.75, 3.05) is 7.11 Å². The zero-order valence-electron chi connectivity index (χ0n) is 12.7. The molecule has 0 aromatic heterocycles. The van der Waals surface area contributed by atoms with Crippen molar-refractivity contribution in [3.8, 4) is 11.5 Å². The fourth-order valence-corrected chi connectivity index (χ4v) is 4.12. The van der Waals surface area contributed by atoms with Crippen LogP contribution in [0.5, 0.6) is 11.5 Å². The van der Waals surface area contributed by atoms with E-state index in [1.807, 2.05) is 12.1 Å². The van der Waals surface area contributed by atoms with E-state index >= 15 is 0 Å². The molecule has 0 spiro atoms. The quantitative estimate of drug-likeness (QED) is 0.570. The molecule has 0 unspecified atom stereocenters. The van der Waals surface area contributed by atoms with Crippen LogP contribution in [0.3, 0.4) is 0 Å². The predicted molar refractivity (Wildman–Crippen MR) is 87.2 cm³/mol. The van der Waals surface area contributed by atoms with Gasteiger partial charge >= 0.3 is 0 Å². The summed E-state index contributed by atoms with van der Waals surface area (Å²) in [6.07, 6.45) is 9.25. The highest BCUT2D eigenvalue weighted by Crippen LogP contribution is 2.53. The molecular weight excluding hydrogens is 346 g/mol. The van der Waals surface area contributed by atoms with Crippen LogP contribution >= 0.6 is 15.9 Å². The number of hydrogen-bond acceptors (Lipinski definition) is 4. The molecule has 1 aromatic rings. The summed E-state index contributed by atoms with van der Waals surface area (Å²) in [7, 11) is 1.64. The number of hydrogen-bond donors (Lipinski definition) is 0. The van der Waals surface area contributed by atoms with Crippen LogP contribution in [0, 0.1) is 0 Å². The van der Waals surface area contributed by atoms with E-state index in [2.05, 4.69) is 20.9 Å². The molecule has 0 bridgehead atoms. The van der Waals surface area contributed by atoms with Gasteiger partial charge in [0, 0.05) is 10.0 Å². The van der Waals surface area contributed by atoms with Crippen molar-refractivity contribution < 1.29 is 14.3 Å². The highest BCUT2D eigenvalue weighted by molar-refractivity contribution is 9.10. The lowest BCUT2D eigenvalue weighted by Crippen LogP contribution is -2.33. The molecule has 0 heterocycles. The lowest BCUT2D eigenvalue weighted by molar-refractivity contribution is 0.182. The first-order valence-electron chi connectivity index (χ1n) is 7.83. The van der Waals surface area contributed by atoms with Gasteiger partial charge in [-0.3, -0.25) is 0 Å². The van der Waals surface area contributed by atoms with E-state index in [0.717, 1.165) is 47.9 Å². The molecule has 4 nitrogen and oxygen atoms in total. The van der Waals surface area contributed by atoms with Crippen molar-refractivity contribution in [1.82, 2.24) is 0 Å². The van der Waals surface area contributed by atoms with Crippen molar-refractivity contribution in [2.45, 2.75) is 56.6 Å². The summed E-state index contributed by atoms with van der Waals surface area (Å²) in [5.74, 6) is 1.44. The average molecular weight is 366 g/mol. The first kappa shape index (κ1) is 15.6. The van der Waals surface area contributed by atoms with E-state index in [0.29, 0.717) is 5.75 Å². The molecule has 0 atom stereocenters. The fourth-order valence-electron chi connectivity index (χ4n) is 3.44.